The number of nitro groups is 1. The largest absolute Gasteiger partial charge is 0.496 e. The lowest BCUT2D eigenvalue weighted by Crippen LogP contribution is -2.36. The summed E-state index contributed by atoms with van der Waals surface area (Å²) in [5, 5.41) is 13.8. The quantitative estimate of drug-likeness (QED) is 0.655. The molecule has 3 rings (SSSR count). The Bertz CT molecular complexity index is 856. The number of nitro benzene ring substituents is 1. The number of anilines is 2. The predicted octanol–water partition coefficient (Wildman–Crippen LogP) is 3.13. The summed E-state index contributed by atoms with van der Waals surface area (Å²) in [7, 11) is 1.41. The van der Waals surface area contributed by atoms with Crippen molar-refractivity contribution in [1.82, 2.24) is 0 Å². The van der Waals surface area contributed by atoms with Crippen molar-refractivity contribution in [3.05, 3.63) is 57.9 Å². The minimum absolute atomic E-state index is 0.0296. The van der Waals surface area contributed by atoms with E-state index in [4.69, 9.17) is 4.74 Å². The molecule has 0 atom stereocenters. The van der Waals surface area contributed by atoms with Crippen molar-refractivity contribution in [2.45, 2.75) is 12.8 Å². The molecule has 0 aliphatic carbocycles. The molecule has 2 aromatic rings. The number of ether oxygens (including phenoxy) is 1. The zero-order chi connectivity index (χ0) is 18.7. The van der Waals surface area contributed by atoms with Gasteiger partial charge in [0.05, 0.1) is 24.6 Å². The van der Waals surface area contributed by atoms with E-state index in [0.717, 1.165) is 24.1 Å². The molecule has 7 nitrogen and oxygen atoms in total. The molecular weight excluding hydrogens is 341 g/mol. The molecular formula is C18H18FN3O4. The van der Waals surface area contributed by atoms with Gasteiger partial charge in [-0.3, -0.25) is 14.9 Å². The van der Waals surface area contributed by atoms with Gasteiger partial charge in [-0.15, -0.1) is 0 Å². The molecule has 136 valence electrons. The standard InChI is InChI=1S/C18H18FN3O4/c1-26-14-5-6-15(17(10-14)22(24)25)20-18(23)11-21-8-2-3-12-9-13(19)4-7-16(12)21/h4-7,9-10H,2-3,8,11H2,1H3,(H,20,23). The maximum atomic E-state index is 13.4. The molecule has 2 aromatic carbocycles. The van der Waals surface area contributed by atoms with Crippen LogP contribution in [0.2, 0.25) is 0 Å². The fraction of sp³-hybridized carbons (Fsp3) is 0.278. The Kier molecular flexibility index (Phi) is 5.01. The van der Waals surface area contributed by atoms with Gasteiger partial charge in [-0.05, 0) is 48.7 Å². The fourth-order valence-corrected chi connectivity index (χ4v) is 3.07. The van der Waals surface area contributed by atoms with Gasteiger partial charge in [-0.1, -0.05) is 0 Å². The molecule has 1 heterocycles. The van der Waals surface area contributed by atoms with Crippen LogP contribution >= 0.6 is 0 Å². The highest BCUT2D eigenvalue weighted by molar-refractivity contribution is 5.96. The molecule has 1 aliphatic heterocycles. The number of methoxy groups -OCH3 is 1. The molecule has 8 heteroatoms. The minimum atomic E-state index is -0.572. The average molecular weight is 359 g/mol. The summed E-state index contributed by atoms with van der Waals surface area (Å²) in [4.78, 5) is 24.9. The summed E-state index contributed by atoms with van der Waals surface area (Å²) in [5.74, 6) is -0.346. The van der Waals surface area contributed by atoms with Crippen LogP contribution in [0, 0.1) is 15.9 Å². The lowest BCUT2D eigenvalue weighted by Gasteiger charge is -2.30. The molecule has 0 bridgehead atoms. The number of amides is 1. The Morgan fingerprint density at radius 1 is 1.35 bits per heavy atom. The fourth-order valence-electron chi connectivity index (χ4n) is 3.07. The van der Waals surface area contributed by atoms with Crippen molar-refractivity contribution in [2.75, 3.05) is 30.4 Å². The van der Waals surface area contributed by atoms with Crippen LogP contribution in [0.25, 0.3) is 0 Å². The van der Waals surface area contributed by atoms with Gasteiger partial charge in [0.2, 0.25) is 5.91 Å². The second-order valence-electron chi connectivity index (χ2n) is 5.99. The Morgan fingerprint density at radius 3 is 2.88 bits per heavy atom. The number of nitrogens with zero attached hydrogens (tertiary/aromatic N) is 2. The van der Waals surface area contributed by atoms with Crippen molar-refractivity contribution in [3.63, 3.8) is 0 Å². The highest BCUT2D eigenvalue weighted by atomic mass is 19.1. The number of fused-ring (bicyclic) bond motifs is 1. The summed E-state index contributed by atoms with van der Waals surface area (Å²) in [6, 6.07) is 8.74. The summed E-state index contributed by atoms with van der Waals surface area (Å²) < 4.78 is 18.4. The maximum absolute atomic E-state index is 13.4. The van der Waals surface area contributed by atoms with Crippen LogP contribution < -0.4 is 15.0 Å². The van der Waals surface area contributed by atoms with Gasteiger partial charge in [0.25, 0.3) is 5.69 Å². The number of carbonyl (C=O) groups is 1. The Labute approximate surface area is 149 Å². The average Bonchev–Trinajstić information content (AvgIpc) is 2.61. The molecule has 26 heavy (non-hydrogen) atoms. The highest BCUT2D eigenvalue weighted by Gasteiger charge is 2.22. The summed E-state index contributed by atoms with van der Waals surface area (Å²) >= 11 is 0. The van der Waals surface area contributed by atoms with Crippen LogP contribution in [0.3, 0.4) is 0 Å². The Hall–Kier alpha value is -3.16. The third kappa shape index (κ3) is 3.74. The molecule has 1 aliphatic rings. The third-order valence-corrected chi connectivity index (χ3v) is 4.27. The van der Waals surface area contributed by atoms with Gasteiger partial charge in [-0.25, -0.2) is 4.39 Å². The third-order valence-electron chi connectivity index (χ3n) is 4.27. The molecule has 0 unspecified atom stereocenters. The van der Waals surface area contributed by atoms with Gasteiger partial charge < -0.3 is 15.0 Å². The molecule has 0 saturated carbocycles. The first-order valence-corrected chi connectivity index (χ1v) is 8.13. The van der Waals surface area contributed by atoms with Crippen LogP contribution in [-0.4, -0.2) is 31.0 Å². The molecule has 1 N–H and O–H groups in total. The van der Waals surface area contributed by atoms with Crippen molar-refractivity contribution >= 4 is 23.0 Å². The zero-order valence-electron chi connectivity index (χ0n) is 14.2. The molecule has 0 saturated heterocycles. The number of rotatable bonds is 5. The highest BCUT2D eigenvalue weighted by Crippen LogP contribution is 2.30. The van der Waals surface area contributed by atoms with Crippen LogP contribution in [0.4, 0.5) is 21.5 Å². The van der Waals surface area contributed by atoms with Crippen molar-refractivity contribution in [2.24, 2.45) is 0 Å². The number of halogens is 1. The summed E-state index contributed by atoms with van der Waals surface area (Å²) in [6.45, 7) is 0.693. The number of nitrogens with one attached hydrogen (secondary N) is 1. The zero-order valence-corrected chi connectivity index (χ0v) is 14.2. The van der Waals surface area contributed by atoms with Gasteiger partial charge in [0.15, 0.2) is 0 Å². The lowest BCUT2D eigenvalue weighted by atomic mass is 10.0. The van der Waals surface area contributed by atoms with E-state index in [1.54, 1.807) is 12.1 Å². The van der Waals surface area contributed by atoms with E-state index < -0.39 is 4.92 Å². The van der Waals surface area contributed by atoms with Crippen molar-refractivity contribution in [1.29, 1.82) is 0 Å². The van der Waals surface area contributed by atoms with Crippen LogP contribution in [0.1, 0.15) is 12.0 Å². The van der Waals surface area contributed by atoms with Crippen molar-refractivity contribution < 1.29 is 18.8 Å². The van der Waals surface area contributed by atoms with Crippen molar-refractivity contribution in [3.8, 4) is 5.75 Å². The smallest absolute Gasteiger partial charge is 0.296 e. The first kappa shape index (κ1) is 17.7. The van der Waals surface area contributed by atoms with E-state index in [1.807, 2.05) is 4.90 Å². The van der Waals surface area contributed by atoms with E-state index in [1.165, 1.54) is 31.4 Å². The Balaban J connectivity index is 1.76. The summed E-state index contributed by atoms with van der Waals surface area (Å²) in [5.41, 5.74) is 1.55. The SMILES string of the molecule is COc1ccc(NC(=O)CN2CCCc3cc(F)ccc32)c([N+](=O)[O-])c1. The number of aryl methyl sites for hydroxylation is 1. The van der Waals surface area contributed by atoms with E-state index in [2.05, 4.69) is 5.32 Å². The molecule has 1 amide bonds. The first-order chi connectivity index (χ1) is 12.5. The van der Waals surface area contributed by atoms with E-state index >= 15 is 0 Å². The van der Waals surface area contributed by atoms with Gasteiger partial charge in [0.1, 0.15) is 17.3 Å². The first-order valence-electron chi connectivity index (χ1n) is 8.13. The summed E-state index contributed by atoms with van der Waals surface area (Å²) in [6.07, 6.45) is 1.57. The molecule has 0 radical (unpaired) electrons. The minimum Gasteiger partial charge on any atom is -0.496 e. The van der Waals surface area contributed by atoms with Crippen LogP contribution in [0.15, 0.2) is 36.4 Å². The number of hydrogen-bond donors (Lipinski definition) is 1. The number of benzene rings is 2. The predicted molar refractivity (Wildman–Crippen MR) is 95.2 cm³/mol. The van der Waals surface area contributed by atoms with Gasteiger partial charge >= 0.3 is 0 Å². The molecule has 0 spiro atoms. The van der Waals surface area contributed by atoms with E-state index in [-0.39, 0.29) is 29.6 Å². The Morgan fingerprint density at radius 2 is 2.15 bits per heavy atom. The van der Waals surface area contributed by atoms with Crippen LogP contribution in [0.5, 0.6) is 5.75 Å². The molecule has 0 aromatic heterocycles. The van der Waals surface area contributed by atoms with Gasteiger partial charge in [-0.2, -0.15) is 0 Å². The lowest BCUT2D eigenvalue weighted by molar-refractivity contribution is -0.384. The number of carbonyl (C=O) groups excluding carboxylic acids is 1. The monoisotopic (exact) mass is 359 g/mol. The maximum Gasteiger partial charge on any atom is 0.296 e. The molecule has 0 fully saturated rings. The second-order valence-corrected chi connectivity index (χ2v) is 5.99. The topological polar surface area (TPSA) is 84.7 Å². The van der Waals surface area contributed by atoms with Gasteiger partial charge in [0, 0.05) is 12.2 Å². The van der Waals surface area contributed by atoms with E-state index in [0.29, 0.717) is 12.3 Å². The van der Waals surface area contributed by atoms with E-state index in [9.17, 15) is 19.3 Å². The van der Waals surface area contributed by atoms with Crippen LogP contribution in [-0.2, 0) is 11.2 Å². The normalized spacial score (nSPS) is 13.1. The second kappa shape index (κ2) is 7.38. The number of hydrogen-bond acceptors (Lipinski definition) is 5.